The zero-order valence-electron chi connectivity index (χ0n) is 11.1. The molecule has 0 unspecified atom stereocenters. The molecule has 0 aliphatic heterocycles. The molecule has 0 amide bonds. The number of hydrogen-bond donors (Lipinski definition) is 0. The van der Waals surface area contributed by atoms with Crippen LogP contribution < -0.4 is 4.74 Å². The van der Waals surface area contributed by atoms with Gasteiger partial charge in [-0.1, -0.05) is 29.8 Å². The largest absolute Gasteiger partial charge is 0.436 e. The van der Waals surface area contributed by atoms with Crippen molar-refractivity contribution in [3.05, 3.63) is 47.0 Å². The topological polar surface area (TPSA) is 52.3 Å². The van der Waals surface area contributed by atoms with E-state index in [1.807, 2.05) is 12.1 Å². The number of hydrogen-bond acceptors (Lipinski definition) is 4. The molecule has 1 aromatic carbocycles. The Morgan fingerprint density at radius 3 is 2.95 bits per heavy atom. The Labute approximate surface area is 124 Å². The number of nitrogens with zero attached hydrogens (tertiary/aromatic N) is 4. The summed E-state index contributed by atoms with van der Waals surface area (Å²) in [6.45, 7) is 4.25. The first-order valence-corrected chi connectivity index (χ1v) is 7.06. The molecule has 0 saturated carbocycles. The fraction of sp³-hybridized carbons (Fsp3) is 0.214. The van der Waals surface area contributed by atoms with Gasteiger partial charge >= 0.3 is 0 Å². The van der Waals surface area contributed by atoms with Crippen molar-refractivity contribution in [2.75, 3.05) is 0 Å². The lowest BCUT2D eigenvalue weighted by Crippen LogP contribution is -1.97. The van der Waals surface area contributed by atoms with E-state index in [9.17, 15) is 0 Å². The third-order valence-electron chi connectivity index (χ3n) is 2.98. The second kappa shape index (κ2) is 5.20. The fourth-order valence-electron chi connectivity index (χ4n) is 1.97. The quantitative estimate of drug-likeness (QED) is 0.731. The molecule has 0 radical (unpaired) electrons. The van der Waals surface area contributed by atoms with E-state index in [0.717, 1.165) is 15.8 Å². The molecular formula is C14H13BrN4O. The second-order valence-electron chi connectivity index (χ2n) is 4.73. The Balaban J connectivity index is 2.05. The Kier molecular flexibility index (Phi) is 3.40. The number of rotatable bonds is 3. The molecule has 0 atom stereocenters. The molecule has 0 N–H and O–H groups in total. The SMILES string of the molecule is CC(C)c1cc(Br)ccc1Oc1nccn2cnnc12. The highest BCUT2D eigenvalue weighted by atomic mass is 79.9. The molecule has 6 heteroatoms. The lowest BCUT2D eigenvalue weighted by Gasteiger charge is -2.13. The molecule has 0 fully saturated rings. The maximum atomic E-state index is 5.94. The van der Waals surface area contributed by atoms with E-state index in [2.05, 4.69) is 51.0 Å². The third kappa shape index (κ3) is 2.38. The first-order chi connectivity index (χ1) is 9.65. The van der Waals surface area contributed by atoms with Crippen LogP contribution in [0.2, 0.25) is 0 Å². The zero-order chi connectivity index (χ0) is 14.1. The van der Waals surface area contributed by atoms with Gasteiger partial charge in [0.25, 0.3) is 5.88 Å². The molecule has 2 heterocycles. The van der Waals surface area contributed by atoms with Crippen LogP contribution >= 0.6 is 15.9 Å². The molecule has 102 valence electrons. The van der Waals surface area contributed by atoms with Gasteiger partial charge in [-0.25, -0.2) is 4.98 Å². The summed E-state index contributed by atoms with van der Waals surface area (Å²) in [5.74, 6) is 1.58. The van der Waals surface area contributed by atoms with E-state index in [4.69, 9.17) is 4.74 Å². The van der Waals surface area contributed by atoms with Crippen molar-refractivity contribution in [3.8, 4) is 11.6 Å². The number of benzene rings is 1. The predicted octanol–water partition coefficient (Wildman–Crippen LogP) is 3.80. The Bertz CT molecular complexity index is 754. The second-order valence-corrected chi connectivity index (χ2v) is 5.65. The van der Waals surface area contributed by atoms with Gasteiger partial charge in [-0.3, -0.25) is 4.40 Å². The average molecular weight is 333 g/mol. The summed E-state index contributed by atoms with van der Waals surface area (Å²) >= 11 is 3.49. The van der Waals surface area contributed by atoms with Gasteiger partial charge in [0.2, 0.25) is 5.65 Å². The molecule has 0 spiro atoms. The first-order valence-electron chi connectivity index (χ1n) is 6.27. The summed E-state index contributed by atoms with van der Waals surface area (Å²) in [6, 6.07) is 5.94. The average Bonchev–Trinajstić information content (AvgIpc) is 2.90. The first kappa shape index (κ1) is 13.1. The highest BCUT2D eigenvalue weighted by Crippen LogP contribution is 2.33. The maximum absolute atomic E-state index is 5.94. The molecule has 3 aromatic rings. The van der Waals surface area contributed by atoms with Crippen molar-refractivity contribution in [2.45, 2.75) is 19.8 Å². The van der Waals surface area contributed by atoms with Crippen molar-refractivity contribution < 1.29 is 4.74 Å². The third-order valence-corrected chi connectivity index (χ3v) is 3.48. The molecule has 3 rings (SSSR count). The standard InChI is InChI=1S/C14H13BrN4O/c1-9(2)11-7-10(15)3-4-12(11)20-14-13-18-17-8-19(13)6-5-16-14/h3-9H,1-2H3. The van der Waals surface area contributed by atoms with Gasteiger partial charge in [-0.05, 0) is 29.7 Å². The number of fused-ring (bicyclic) bond motifs is 1. The van der Waals surface area contributed by atoms with E-state index in [1.54, 1.807) is 23.1 Å². The van der Waals surface area contributed by atoms with Gasteiger partial charge in [0.15, 0.2) is 0 Å². The minimum Gasteiger partial charge on any atom is -0.436 e. The number of aromatic nitrogens is 4. The summed E-state index contributed by atoms with van der Waals surface area (Å²) in [5.41, 5.74) is 1.72. The fourth-order valence-corrected chi connectivity index (χ4v) is 2.35. The van der Waals surface area contributed by atoms with Crippen LogP contribution in [0.15, 0.2) is 41.4 Å². The van der Waals surface area contributed by atoms with Crippen LogP contribution in [-0.4, -0.2) is 19.6 Å². The van der Waals surface area contributed by atoms with Crippen molar-refractivity contribution in [2.24, 2.45) is 0 Å². The van der Waals surface area contributed by atoms with Crippen molar-refractivity contribution in [1.82, 2.24) is 19.6 Å². The molecule has 0 aliphatic rings. The maximum Gasteiger partial charge on any atom is 0.265 e. The molecule has 0 aliphatic carbocycles. The van der Waals surface area contributed by atoms with Crippen LogP contribution in [0.5, 0.6) is 11.6 Å². The van der Waals surface area contributed by atoms with Crippen LogP contribution in [-0.2, 0) is 0 Å². The van der Waals surface area contributed by atoms with Crippen molar-refractivity contribution in [3.63, 3.8) is 0 Å². The lowest BCUT2D eigenvalue weighted by molar-refractivity contribution is 0.456. The van der Waals surface area contributed by atoms with Gasteiger partial charge in [0.1, 0.15) is 12.1 Å². The van der Waals surface area contributed by atoms with Crippen LogP contribution in [0.4, 0.5) is 0 Å². The summed E-state index contributed by atoms with van der Waals surface area (Å²) in [7, 11) is 0. The highest BCUT2D eigenvalue weighted by Gasteiger charge is 2.13. The Morgan fingerprint density at radius 1 is 1.30 bits per heavy atom. The van der Waals surface area contributed by atoms with Crippen molar-refractivity contribution >= 4 is 21.6 Å². The summed E-state index contributed by atoms with van der Waals surface area (Å²) < 4.78 is 8.75. The Hall–Kier alpha value is -1.95. The van der Waals surface area contributed by atoms with Crippen LogP contribution in [0.25, 0.3) is 5.65 Å². The number of halogens is 1. The van der Waals surface area contributed by atoms with Gasteiger partial charge < -0.3 is 4.74 Å². The lowest BCUT2D eigenvalue weighted by atomic mass is 10.0. The van der Waals surface area contributed by atoms with E-state index >= 15 is 0 Å². The van der Waals surface area contributed by atoms with Gasteiger partial charge in [0.05, 0.1) is 0 Å². The smallest absolute Gasteiger partial charge is 0.265 e. The summed E-state index contributed by atoms with van der Waals surface area (Å²) in [4.78, 5) is 4.24. The molecule has 0 bridgehead atoms. The molecule has 5 nitrogen and oxygen atoms in total. The van der Waals surface area contributed by atoms with Crippen molar-refractivity contribution in [1.29, 1.82) is 0 Å². The van der Waals surface area contributed by atoms with Gasteiger partial charge in [0, 0.05) is 16.9 Å². The zero-order valence-corrected chi connectivity index (χ0v) is 12.7. The van der Waals surface area contributed by atoms with E-state index in [-0.39, 0.29) is 0 Å². The van der Waals surface area contributed by atoms with Gasteiger partial charge in [-0.2, -0.15) is 0 Å². The minimum atomic E-state index is 0.347. The molecule has 0 saturated heterocycles. The van der Waals surface area contributed by atoms with Crippen LogP contribution in [0.3, 0.4) is 0 Å². The highest BCUT2D eigenvalue weighted by molar-refractivity contribution is 9.10. The van der Waals surface area contributed by atoms with Crippen LogP contribution in [0, 0.1) is 0 Å². The monoisotopic (exact) mass is 332 g/mol. The van der Waals surface area contributed by atoms with Crippen LogP contribution in [0.1, 0.15) is 25.3 Å². The predicted molar refractivity (Wildman–Crippen MR) is 79.1 cm³/mol. The number of ether oxygens (including phenoxy) is 1. The van der Waals surface area contributed by atoms with Gasteiger partial charge in [-0.15, -0.1) is 10.2 Å². The summed E-state index contributed by atoms with van der Waals surface area (Å²) in [5, 5.41) is 7.88. The minimum absolute atomic E-state index is 0.347. The molecule has 20 heavy (non-hydrogen) atoms. The normalized spacial score (nSPS) is 11.2. The van der Waals surface area contributed by atoms with E-state index in [1.165, 1.54) is 0 Å². The van der Waals surface area contributed by atoms with E-state index < -0.39 is 0 Å². The Morgan fingerprint density at radius 2 is 2.15 bits per heavy atom. The molecule has 2 aromatic heterocycles. The summed E-state index contributed by atoms with van der Waals surface area (Å²) in [6.07, 6.45) is 5.07. The van der Waals surface area contributed by atoms with E-state index in [0.29, 0.717) is 17.4 Å². The molecular weight excluding hydrogens is 320 g/mol.